The molecule has 6 nitrogen and oxygen atoms in total. The van der Waals surface area contributed by atoms with Gasteiger partial charge in [0.2, 0.25) is 0 Å². The fraction of sp³-hybridized carbons (Fsp3) is 0.350. The first-order valence-corrected chi connectivity index (χ1v) is 8.44. The van der Waals surface area contributed by atoms with Crippen molar-refractivity contribution in [3.63, 3.8) is 0 Å². The lowest BCUT2D eigenvalue weighted by Crippen LogP contribution is -2.22. The summed E-state index contributed by atoms with van der Waals surface area (Å²) in [6.45, 7) is 5.82. The molecule has 2 aromatic carbocycles. The maximum Gasteiger partial charge on any atom is 0.174 e. The van der Waals surface area contributed by atoms with Crippen LogP contribution >= 0.6 is 0 Å². The SMILES string of the molecule is CCOc1c(C)c(O)c2c(c1C)OC(c1ccc(O)c(OC)c1)CC2=O. The Morgan fingerprint density at radius 1 is 1.23 bits per heavy atom. The summed E-state index contributed by atoms with van der Waals surface area (Å²) >= 11 is 0. The Bertz CT molecular complexity index is 871. The molecule has 1 aliphatic rings. The summed E-state index contributed by atoms with van der Waals surface area (Å²) in [7, 11) is 1.46. The third kappa shape index (κ3) is 2.81. The average molecular weight is 358 g/mol. The highest BCUT2D eigenvalue weighted by Crippen LogP contribution is 2.48. The first-order chi connectivity index (χ1) is 12.4. The standard InChI is InChI=1S/C20H22O6/c1-5-25-19-10(2)18(23)17-14(22)9-15(26-20(17)11(19)3)12-6-7-13(21)16(8-12)24-4/h6-8,15,21,23H,5,9H2,1-4H3. The van der Waals surface area contributed by atoms with Crippen LogP contribution < -0.4 is 14.2 Å². The Labute approximate surface area is 151 Å². The van der Waals surface area contributed by atoms with Crippen LogP contribution in [-0.2, 0) is 0 Å². The second-order valence-corrected chi connectivity index (χ2v) is 6.23. The van der Waals surface area contributed by atoms with E-state index in [1.165, 1.54) is 13.2 Å². The largest absolute Gasteiger partial charge is 0.507 e. The summed E-state index contributed by atoms with van der Waals surface area (Å²) in [5.74, 6) is 0.894. The maximum atomic E-state index is 12.7. The van der Waals surface area contributed by atoms with Gasteiger partial charge in [-0.2, -0.15) is 0 Å². The molecule has 1 heterocycles. The van der Waals surface area contributed by atoms with Crippen LogP contribution in [0.1, 0.15) is 46.5 Å². The minimum atomic E-state index is -0.542. The van der Waals surface area contributed by atoms with Gasteiger partial charge in [-0.05, 0) is 38.5 Å². The molecule has 0 spiro atoms. The van der Waals surface area contributed by atoms with Crippen molar-refractivity contribution in [2.24, 2.45) is 0 Å². The van der Waals surface area contributed by atoms with Gasteiger partial charge in [0.15, 0.2) is 17.3 Å². The highest BCUT2D eigenvalue weighted by Gasteiger charge is 2.34. The Morgan fingerprint density at radius 2 is 1.96 bits per heavy atom. The summed E-state index contributed by atoms with van der Waals surface area (Å²) in [5.41, 5.74) is 2.12. The van der Waals surface area contributed by atoms with E-state index in [0.29, 0.717) is 40.5 Å². The number of hydrogen-bond donors (Lipinski definition) is 2. The van der Waals surface area contributed by atoms with E-state index in [9.17, 15) is 15.0 Å². The predicted molar refractivity (Wildman–Crippen MR) is 95.7 cm³/mol. The van der Waals surface area contributed by atoms with Crippen LogP contribution in [-0.4, -0.2) is 29.7 Å². The van der Waals surface area contributed by atoms with Crippen molar-refractivity contribution in [1.29, 1.82) is 0 Å². The molecule has 0 bridgehead atoms. The fourth-order valence-corrected chi connectivity index (χ4v) is 3.28. The number of Topliss-reactive ketones (excluding diaryl/α,β-unsaturated/α-hetero) is 1. The summed E-state index contributed by atoms with van der Waals surface area (Å²) in [4.78, 5) is 12.7. The number of benzene rings is 2. The van der Waals surface area contributed by atoms with Gasteiger partial charge in [-0.15, -0.1) is 0 Å². The molecule has 0 aromatic heterocycles. The van der Waals surface area contributed by atoms with Gasteiger partial charge in [0.1, 0.15) is 28.9 Å². The molecule has 0 aliphatic carbocycles. The summed E-state index contributed by atoms with van der Waals surface area (Å²) in [6.07, 6.45) is -0.457. The number of methoxy groups -OCH3 is 1. The van der Waals surface area contributed by atoms with Gasteiger partial charge in [-0.1, -0.05) is 6.07 Å². The van der Waals surface area contributed by atoms with Gasteiger partial charge in [0.25, 0.3) is 0 Å². The lowest BCUT2D eigenvalue weighted by atomic mass is 9.91. The number of carbonyl (C=O) groups is 1. The first kappa shape index (κ1) is 17.9. The van der Waals surface area contributed by atoms with Crippen LogP contribution in [0.5, 0.6) is 28.7 Å². The van der Waals surface area contributed by atoms with Gasteiger partial charge >= 0.3 is 0 Å². The lowest BCUT2D eigenvalue weighted by Gasteiger charge is -2.29. The monoisotopic (exact) mass is 358 g/mol. The number of phenols is 2. The Balaban J connectivity index is 2.09. The second kappa shape index (κ2) is 6.78. The Kier molecular flexibility index (Phi) is 4.68. The Hall–Kier alpha value is -2.89. The predicted octanol–water partition coefficient (Wildman–Crippen LogP) is 3.83. The van der Waals surface area contributed by atoms with E-state index in [-0.39, 0.29) is 29.3 Å². The number of rotatable bonds is 4. The third-order valence-electron chi connectivity index (χ3n) is 4.61. The number of fused-ring (bicyclic) bond motifs is 1. The van der Waals surface area contributed by atoms with Gasteiger partial charge in [0, 0.05) is 11.1 Å². The van der Waals surface area contributed by atoms with Gasteiger partial charge in [-0.3, -0.25) is 4.79 Å². The summed E-state index contributed by atoms with van der Waals surface area (Å²) in [6, 6.07) is 4.83. The third-order valence-corrected chi connectivity index (χ3v) is 4.61. The molecule has 0 radical (unpaired) electrons. The first-order valence-electron chi connectivity index (χ1n) is 8.44. The van der Waals surface area contributed by atoms with Crippen molar-refractivity contribution in [2.75, 3.05) is 13.7 Å². The number of ether oxygens (including phenoxy) is 3. The molecule has 3 rings (SSSR count). The zero-order chi connectivity index (χ0) is 19.0. The molecule has 2 aromatic rings. The maximum absolute atomic E-state index is 12.7. The average Bonchev–Trinajstić information content (AvgIpc) is 2.63. The number of hydrogen-bond acceptors (Lipinski definition) is 6. The van der Waals surface area contributed by atoms with E-state index in [1.54, 1.807) is 19.1 Å². The molecule has 0 saturated heterocycles. The highest BCUT2D eigenvalue weighted by molar-refractivity contribution is 6.03. The van der Waals surface area contributed by atoms with Crippen LogP contribution in [0, 0.1) is 13.8 Å². The molecule has 138 valence electrons. The summed E-state index contributed by atoms with van der Waals surface area (Å²) in [5, 5.41) is 20.3. The van der Waals surface area contributed by atoms with Crippen LogP contribution in [0.25, 0.3) is 0 Å². The zero-order valence-electron chi connectivity index (χ0n) is 15.3. The van der Waals surface area contributed by atoms with Crippen molar-refractivity contribution in [1.82, 2.24) is 0 Å². The zero-order valence-corrected chi connectivity index (χ0v) is 15.3. The van der Waals surface area contributed by atoms with Crippen molar-refractivity contribution in [3.8, 4) is 28.7 Å². The number of ketones is 1. The topological polar surface area (TPSA) is 85.2 Å². The molecule has 0 saturated carbocycles. The Morgan fingerprint density at radius 3 is 2.62 bits per heavy atom. The molecule has 0 amide bonds. The quantitative estimate of drug-likeness (QED) is 0.864. The molecular formula is C20H22O6. The molecule has 6 heteroatoms. The van der Waals surface area contributed by atoms with Gasteiger partial charge in [0.05, 0.1) is 20.1 Å². The molecule has 0 fully saturated rings. The van der Waals surface area contributed by atoms with Crippen molar-refractivity contribution in [2.45, 2.75) is 33.3 Å². The van der Waals surface area contributed by atoms with E-state index in [2.05, 4.69) is 0 Å². The van der Waals surface area contributed by atoms with Crippen LogP contribution in [0.3, 0.4) is 0 Å². The van der Waals surface area contributed by atoms with Crippen molar-refractivity contribution in [3.05, 3.63) is 40.5 Å². The number of aromatic hydroxyl groups is 2. The molecule has 1 unspecified atom stereocenters. The van der Waals surface area contributed by atoms with E-state index < -0.39 is 6.10 Å². The molecule has 26 heavy (non-hydrogen) atoms. The van der Waals surface area contributed by atoms with Crippen LogP contribution in [0.2, 0.25) is 0 Å². The fourth-order valence-electron chi connectivity index (χ4n) is 3.28. The van der Waals surface area contributed by atoms with Crippen molar-refractivity contribution >= 4 is 5.78 Å². The van der Waals surface area contributed by atoms with Crippen molar-refractivity contribution < 1.29 is 29.2 Å². The van der Waals surface area contributed by atoms with Gasteiger partial charge < -0.3 is 24.4 Å². The van der Waals surface area contributed by atoms with Gasteiger partial charge in [-0.25, -0.2) is 0 Å². The van der Waals surface area contributed by atoms with E-state index >= 15 is 0 Å². The molecule has 1 atom stereocenters. The molecule has 2 N–H and O–H groups in total. The van der Waals surface area contributed by atoms with E-state index in [4.69, 9.17) is 14.2 Å². The highest BCUT2D eigenvalue weighted by atomic mass is 16.5. The normalized spacial score (nSPS) is 16.0. The van der Waals surface area contributed by atoms with E-state index in [0.717, 1.165) is 0 Å². The lowest BCUT2D eigenvalue weighted by molar-refractivity contribution is 0.0841. The minimum absolute atomic E-state index is 0.0156. The number of phenolic OH excluding ortho intramolecular Hbond substituents is 2. The smallest absolute Gasteiger partial charge is 0.174 e. The minimum Gasteiger partial charge on any atom is -0.507 e. The van der Waals surface area contributed by atoms with E-state index in [1.807, 2.05) is 13.8 Å². The molecule has 1 aliphatic heterocycles. The summed E-state index contributed by atoms with van der Waals surface area (Å²) < 4.78 is 16.9. The van der Waals surface area contributed by atoms with Crippen LogP contribution in [0.4, 0.5) is 0 Å². The molecular weight excluding hydrogens is 336 g/mol. The van der Waals surface area contributed by atoms with Crippen LogP contribution in [0.15, 0.2) is 18.2 Å². The number of carbonyl (C=O) groups excluding carboxylic acids is 1. The second-order valence-electron chi connectivity index (χ2n) is 6.23.